The first-order valence-corrected chi connectivity index (χ1v) is 12.9. The van der Waals surface area contributed by atoms with Crippen molar-refractivity contribution in [3.05, 3.63) is 47.0 Å². The van der Waals surface area contributed by atoms with Gasteiger partial charge in [-0.25, -0.2) is 0 Å². The highest BCUT2D eigenvalue weighted by molar-refractivity contribution is 5.80. The quantitative estimate of drug-likeness (QED) is 0.360. The topological polar surface area (TPSA) is 60.5 Å². The molecule has 1 heterocycles. The van der Waals surface area contributed by atoms with Crippen LogP contribution in [0.4, 0.5) is 0 Å². The van der Waals surface area contributed by atoms with Crippen LogP contribution in [0, 0.1) is 0 Å². The Morgan fingerprint density at radius 2 is 1.42 bits per heavy atom. The van der Waals surface area contributed by atoms with Crippen LogP contribution >= 0.6 is 0 Å². The highest BCUT2D eigenvalue weighted by Gasteiger charge is 2.22. The third-order valence-corrected chi connectivity index (χ3v) is 6.94. The van der Waals surface area contributed by atoms with Crippen LogP contribution in [-0.4, -0.2) is 77.4 Å². The van der Waals surface area contributed by atoms with E-state index in [-0.39, 0.29) is 5.91 Å². The number of carbonyl (C=O) groups is 1. The number of nitrogens with zero attached hydrogens (tertiary/aromatic N) is 2. The van der Waals surface area contributed by atoms with Crippen LogP contribution in [0.2, 0.25) is 0 Å². The van der Waals surface area contributed by atoms with Gasteiger partial charge in [-0.2, -0.15) is 0 Å². The van der Waals surface area contributed by atoms with Crippen molar-refractivity contribution in [3.8, 4) is 23.0 Å². The van der Waals surface area contributed by atoms with Crippen LogP contribution < -0.4 is 18.9 Å². The van der Waals surface area contributed by atoms with Gasteiger partial charge < -0.3 is 28.7 Å². The predicted octanol–water partition coefficient (Wildman–Crippen LogP) is 4.38. The van der Waals surface area contributed by atoms with Gasteiger partial charge in [0.2, 0.25) is 5.91 Å². The number of methoxy groups -OCH3 is 4. The largest absolute Gasteiger partial charge is 0.497 e. The minimum Gasteiger partial charge on any atom is -0.497 e. The highest BCUT2D eigenvalue weighted by atomic mass is 16.5. The molecule has 0 bridgehead atoms. The van der Waals surface area contributed by atoms with Crippen LogP contribution in [0.1, 0.15) is 42.4 Å². The fourth-order valence-corrected chi connectivity index (χ4v) is 4.79. The molecule has 0 fully saturated rings. The number of rotatable bonds is 14. The van der Waals surface area contributed by atoms with Gasteiger partial charge in [-0.1, -0.05) is 6.42 Å². The average Bonchev–Trinajstić information content (AvgIpc) is 3.04. The van der Waals surface area contributed by atoms with Crippen molar-refractivity contribution in [1.29, 1.82) is 0 Å². The van der Waals surface area contributed by atoms with Gasteiger partial charge in [0.15, 0.2) is 11.5 Å². The lowest BCUT2D eigenvalue weighted by atomic mass is 10.0. The molecule has 3 rings (SSSR count). The van der Waals surface area contributed by atoms with Crippen molar-refractivity contribution in [1.82, 2.24) is 9.80 Å². The molecule has 1 amide bonds. The number of unbranched alkanes of at least 4 members (excludes halogenated alkanes) is 2. The molecule has 0 unspecified atom stereocenters. The third kappa shape index (κ3) is 7.79. The molecule has 1 aliphatic heterocycles. The summed E-state index contributed by atoms with van der Waals surface area (Å²) in [4.78, 5) is 17.3. The molecule has 7 nitrogen and oxygen atoms in total. The van der Waals surface area contributed by atoms with Crippen LogP contribution in [0.3, 0.4) is 0 Å². The Labute approximate surface area is 216 Å². The zero-order valence-corrected chi connectivity index (χ0v) is 22.6. The molecule has 1 aliphatic rings. The second kappa shape index (κ2) is 14.0. The van der Waals surface area contributed by atoms with Gasteiger partial charge in [0.1, 0.15) is 11.5 Å². The van der Waals surface area contributed by atoms with Crippen molar-refractivity contribution in [3.63, 3.8) is 0 Å². The van der Waals surface area contributed by atoms with E-state index < -0.39 is 0 Å². The highest BCUT2D eigenvalue weighted by Crippen LogP contribution is 2.32. The van der Waals surface area contributed by atoms with Crippen LogP contribution in [0.5, 0.6) is 23.0 Å². The van der Waals surface area contributed by atoms with Gasteiger partial charge in [0.05, 0.1) is 34.9 Å². The molecule has 0 aliphatic carbocycles. The number of ether oxygens (including phenoxy) is 4. The molecule has 0 aromatic heterocycles. The van der Waals surface area contributed by atoms with E-state index in [1.807, 2.05) is 23.1 Å². The number of hydrogen-bond donors (Lipinski definition) is 0. The summed E-state index contributed by atoms with van der Waals surface area (Å²) in [5.41, 5.74) is 3.47. The lowest BCUT2D eigenvalue weighted by molar-refractivity contribution is -0.130. The molecule has 0 N–H and O–H groups in total. The molecular formula is C29H42N2O5. The molecule has 36 heavy (non-hydrogen) atoms. The molecule has 7 heteroatoms. The van der Waals surface area contributed by atoms with E-state index in [1.54, 1.807) is 28.4 Å². The van der Waals surface area contributed by atoms with Crippen LogP contribution in [0.25, 0.3) is 0 Å². The number of aryl methyl sites for hydroxylation is 1. The maximum absolute atomic E-state index is 12.9. The van der Waals surface area contributed by atoms with E-state index in [1.165, 1.54) is 24.0 Å². The third-order valence-electron chi connectivity index (χ3n) is 6.94. The molecule has 2 aromatic carbocycles. The number of fused-ring (bicyclic) bond motifs is 1. The molecule has 0 atom stereocenters. The van der Waals surface area contributed by atoms with E-state index in [4.69, 9.17) is 18.9 Å². The summed E-state index contributed by atoms with van der Waals surface area (Å²) < 4.78 is 21.6. The standard InChI is InChI=1S/C29H42N2O5/c1-30(12-8-6-7-10-22-16-25(33-2)21-26(17-22)34-3)13-9-14-31-15-11-23-18-27(35-4)28(36-5)19-24(23)20-29(31)32/h16-19,21H,6-15,20H2,1-5H3. The fraction of sp³-hybridized carbons (Fsp3) is 0.552. The molecule has 0 radical (unpaired) electrons. The number of amides is 1. The first-order chi connectivity index (χ1) is 17.5. The van der Waals surface area contributed by atoms with Crippen molar-refractivity contribution < 1.29 is 23.7 Å². The van der Waals surface area contributed by atoms with Crippen LogP contribution in [-0.2, 0) is 24.1 Å². The van der Waals surface area contributed by atoms with E-state index in [9.17, 15) is 4.79 Å². The van der Waals surface area contributed by atoms with E-state index in [0.717, 1.165) is 74.7 Å². The molecule has 2 aromatic rings. The Morgan fingerprint density at radius 3 is 2.06 bits per heavy atom. The summed E-state index contributed by atoms with van der Waals surface area (Å²) in [6.07, 6.45) is 6.76. The number of carbonyl (C=O) groups excluding carboxylic acids is 1. The Kier molecular flexibility index (Phi) is 10.7. The Balaban J connectivity index is 1.35. The van der Waals surface area contributed by atoms with Crippen LogP contribution in [0.15, 0.2) is 30.3 Å². The van der Waals surface area contributed by atoms with Gasteiger partial charge in [-0.3, -0.25) is 4.79 Å². The van der Waals surface area contributed by atoms with E-state index in [2.05, 4.69) is 24.1 Å². The molecular weight excluding hydrogens is 456 g/mol. The molecule has 0 spiro atoms. The second-order valence-electron chi connectivity index (χ2n) is 9.47. The summed E-state index contributed by atoms with van der Waals surface area (Å²) in [5.74, 6) is 3.28. The average molecular weight is 499 g/mol. The first kappa shape index (κ1) is 27.7. The smallest absolute Gasteiger partial charge is 0.227 e. The van der Waals surface area contributed by atoms with Gasteiger partial charge >= 0.3 is 0 Å². The maximum Gasteiger partial charge on any atom is 0.227 e. The zero-order valence-electron chi connectivity index (χ0n) is 22.6. The second-order valence-corrected chi connectivity index (χ2v) is 9.47. The Bertz CT molecular complexity index is 972. The Morgan fingerprint density at radius 1 is 0.778 bits per heavy atom. The first-order valence-electron chi connectivity index (χ1n) is 12.9. The lowest BCUT2D eigenvalue weighted by Gasteiger charge is -2.22. The van der Waals surface area contributed by atoms with Gasteiger partial charge in [0.25, 0.3) is 0 Å². The fourth-order valence-electron chi connectivity index (χ4n) is 4.79. The van der Waals surface area contributed by atoms with Crippen molar-refractivity contribution in [2.45, 2.75) is 44.9 Å². The number of hydrogen-bond acceptors (Lipinski definition) is 6. The zero-order chi connectivity index (χ0) is 25.9. The van der Waals surface area contributed by atoms with E-state index >= 15 is 0 Å². The normalized spacial score (nSPS) is 13.4. The van der Waals surface area contributed by atoms with Gasteiger partial charge in [0, 0.05) is 19.2 Å². The van der Waals surface area contributed by atoms with Crippen molar-refractivity contribution >= 4 is 5.91 Å². The summed E-state index contributed by atoms with van der Waals surface area (Å²) >= 11 is 0. The molecule has 0 saturated carbocycles. The predicted molar refractivity (Wildman–Crippen MR) is 143 cm³/mol. The summed E-state index contributed by atoms with van der Waals surface area (Å²) in [6, 6.07) is 10.1. The Hall–Kier alpha value is -2.93. The van der Waals surface area contributed by atoms with Gasteiger partial charge in [-0.05, 0) is 93.2 Å². The van der Waals surface area contributed by atoms with E-state index in [0.29, 0.717) is 12.2 Å². The van der Waals surface area contributed by atoms with Crippen molar-refractivity contribution in [2.75, 3.05) is 61.7 Å². The summed E-state index contributed by atoms with van der Waals surface area (Å²) in [7, 11) is 8.82. The number of benzene rings is 2. The SMILES string of the molecule is COc1cc(CCCCCN(C)CCCN2CCc3cc(OC)c(OC)cc3CC2=O)cc(OC)c1. The molecule has 198 valence electrons. The molecule has 0 saturated heterocycles. The lowest BCUT2D eigenvalue weighted by Crippen LogP contribution is -2.35. The van der Waals surface area contributed by atoms with Crippen molar-refractivity contribution in [2.24, 2.45) is 0 Å². The van der Waals surface area contributed by atoms with Gasteiger partial charge in [-0.15, -0.1) is 0 Å². The summed E-state index contributed by atoms with van der Waals surface area (Å²) in [6.45, 7) is 3.61. The monoisotopic (exact) mass is 498 g/mol. The minimum atomic E-state index is 0.192. The minimum absolute atomic E-state index is 0.192. The summed E-state index contributed by atoms with van der Waals surface area (Å²) in [5, 5.41) is 0. The maximum atomic E-state index is 12.9.